The molecule has 2 amide bonds. The number of carbonyl (C=O) groups is 2. The average Bonchev–Trinajstić information content (AvgIpc) is 2.51. The van der Waals surface area contributed by atoms with Gasteiger partial charge in [-0.2, -0.15) is 0 Å². The molecular weight excluding hydrogens is 318 g/mol. The Morgan fingerprint density at radius 3 is 2.40 bits per heavy atom. The van der Waals surface area contributed by atoms with Gasteiger partial charge in [-0.3, -0.25) is 4.79 Å². The fraction of sp³-hybridized carbons (Fsp3) is 0.579. The van der Waals surface area contributed by atoms with Crippen LogP contribution in [0.2, 0.25) is 0 Å². The maximum absolute atomic E-state index is 11.7. The predicted octanol–water partition coefficient (Wildman–Crippen LogP) is 2.54. The van der Waals surface area contributed by atoms with Gasteiger partial charge in [0.15, 0.2) is 0 Å². The Labute approximate surface area is 150 Å². The highest BCUT2D eigenvalue weighted by atomic mass is 16.6. The van der Waals surface area contributed by atoms with Crippen molar-refractivity contribution in [1.82, 2.24) is 15.5 Å². The van der Waals surface area contributed by atoms with Crippen LogP contribution < -0.4 is 10.6 Å². The second kappa shape index (κ2) is 10.7. The summed E-state index contributed by atoms with van der Waals surface area (Å²) in [5.41, 5.74) is 0.750. The van der Waals surface area contributed by atoms with Gasteiger partial charge in [-0.15, -0.1) is 0 Å². The van der Waals surface area contributed by atoms with Crippen LogP contribution in [0, 0.1) is 0 Å². The molecule has 2 N–H and O–H groups in total. The van der Waals surface area contributed by atoms with Crippen molar-refractivity contribution in [1.29, 1.82) is 0 Å². The monoisotopic (exact) mass is 349 g/mol. The molecule has 0 atom stereocenters. The Hall–Kier alpha value is -2.08. The molecular formula is C19H31N3O3. The Morgan fingerprint density at radius 2 is 1.76 bits per heavy atom. The van der Waals surface area contributed by atoms with E-state index in [1.807, 2.05) is 18.2 Å². The summed E-state index contributed by atoms with van der Waals surface area (Å²) in [5.74, 6) is -0.0678. The van der Waals surface area contributed by atoms with E-state index in [0.29, 0.717) is 6.54 Å². The van der Waals surface area contributed by atoms with Crippen molar-refractivity contribution in [3.05, 3.63) is 35.9 Å². The minimum atomic E-state index is -0.530. The zero-order chi connectivity index (χ0) is 18.7. The van der Waals surface area contributed by atoms with Gasteiger partial charge in [0.1, 0.15) is 5.60 Å². The third-order valence-corrected chi connectivity index (χ3v) is 3.35. The number of hydrogen-bond acceptors (Lipinski definition) is 4. The van der Waals surface area contributed by atoms with Crippen molar-refractivity contribution in [2.24, 2.45) is 0 Å². The molecule has 140 valence electrons. The Morgan fingerprint density at radius 1 is 1.08 bits per heavy atom. The van der Waals surface area contributed by atoms with Crippen molar-refractivity contribution in [2.45, 2.75) is 45.8 Å². The normalized spacial score (nSPS) is 11.2. The van der Waals surface area contributed by atoms with E-state index in [1.165, 1.54) is 5.56 Å². The lowest BCUT2D eigenvalue weighted by atomic mass is 10.2. The summed E-state index contributed by atoms with van der Waals surface area (Å²) in [5, 5.41) is 5.44. The second-order valence-electron chi connectivity index (χ2n) is 7.11. The topological polar surface area (TPSA) is 70.7 Å². The van der Waals surface area contributed by atoms with Crippen LogP contribution in [0.1, 0.15) is 39.2 Å². The summed E-state index contributed by atoms with van der Waals surface area (Å²) >= 11 is 0. The smallest absolute Gasteiger partial charge is 0.407 e. The SMILES string of the molecule is CN(CCCNC(=O)CCNC(=O)OC(C)(C)C)Cc1ccccc1. The first-order valence-electron chi connectivity index (χ1n) is 8.72. The van der Waals surface area contributed by atoms with Crippen molar-refractivity contribution in [2.75, 3.05) is 26.7 Å². The number of nitrogens with one attached hydrogen (secondary N) is 2. The molecule has 0 heterocycles. The van der Waals surface area contributed by atoms with E-state index in [9.17, 15) is 9.59 Å². The zero-order valence-corrected chi connectivity index (χ0v) is 15.8. The lowest BCUT2D eigenvalue weighted by Gasteiger charge is -2.19. The molecule has 0 unspecified atom stereocenters. The summed E-state index contributed by atoms with van der Waals surface area (Å²) in [6, 6.07) is 10.3. The van der Waals surface area contributed by atoms with E-state index < -0.39 is 11.7 Å². The molecule has 0 aliphatic heterocycles. The quantitative estimate of drug-likeness (QED) is 0.672. The van der Waals surface area contributed by atoms with Crippen LogP contribution in [-0.2, 0) is 16.1 Å². The van der Waals surface area contributed by atoms with E-state index in [-0.39, 0.29) is 18.9 Å². The van der Waals surface area contributed by atoms with Crippen LogP contribution >= 0.6 is 0 Å². The lowest BCUT2D eigenvalue weighted by molar-refractivity contribution is -0.120. The van der Waals surface area contributed by atoms with Crippen LogP contribution in [0.4, 0.5) is 4.79 Å². The van der Waals surface area contributed by atoms with Crippen molar-refractivity contribution < 1.29 is 14.3 Å². The zero-order valence-electron chi connectivity index (χ0n) is 15.8. The summed E-state index contributed by atoms with van der Waals surface area (Å²) < 4.78 is 5.11. The van der Waals surface area contributed by atoms with Crippen molar-refractivity contribution >= 4 is 12.0 Å². The molecule has 0 fully saturated rings. The fourth-order valence-electron chi connectivity index (χ4n) is 2.23. The highest BCUT2D eigenvalue weighted by Gasteiger charge is 2.15. The number of hydrogen-bond donors (Lipinski definition) is 2. The molecule has 0 aliphatic rings. The molecule has 25 heavy (non-hydrogen) atoms. The van der Waals surface area contributed by atoms with Gasteiger partial charge in [0, 0.05) is 26.1 Å². The van der Waals surface area contributed by atoms with Gasteiger partial charge in [-0.1, -0.05) is 30.3 Å². The number of nitrogens with zero attached hydrogens (tertiary/aromatic N) is 1. The molecule has 0 saturated carbocycles. The molecule has 0 aromatic heterocycles. The lowest BCUT2D eigenvalue weighted by Crippen LogP contribution is -2.35. The van der Waals surface area contributed by atoms with Crippen molar-refractivity contribution in [3.8, 4) is 0 Å². The first-order valence-corrected chi connectivity index (χ1v) is 8.72. The molecule has 1 aromatic rings. The summed E-state index contributed by atoms with van der Waals surface area (Å²) in [6.07, 6.45) is 0.635. The van der Waals surface area contributed by atoms with Gasteiger partial charge in [-0.25, -0.2) is 4.79 Å². The second-order valence-corrected chi connectivity index (χ2v) is 7.11. The number of carbonyl (C=O) groups excluding carboxylic acids is 2. The number of ether oxygens (including phenoxy) is 1. The minimum Gasteiger partial charge on any atom is -0.444 e. The maximum atomic E-state index is 11.7. The Bertz CT molecular complexity index is 526. The summed E-state index contributed by atoms with van der Waals surface area (Å²) in [4.78, 5) is 25.4. The number of rotatable bonds is 9. The summed E-state index contributed by atoms with van der Waals surface area (Å²) in [7, 11) is 2.07. The van der Waals surface area contributed by atoms with Crippen LogP contribution in [0.3, 0.4) is 0 Å². The number of benzene rings is 1. The predicted molar refractivity (Wildman–Crippen MR) is 99.3 cm³/mol. The summed E-state index contributed by atoms with van der Waals surface area (Å²) in [6.45, 7) is 8.11. The van der Waals surface area contributed by atoms with Gasteiger partial charge in [0.05, 0.1) is 0 Å². The Balaban J connectivity index is 2.06. The number of amides is 2. The minimum absolute atomic E-state index is 0.0678. The van der Waals surface area contributed by atoms with E-state index in [4.69, 9.17) is 4.74 Å². The van der Waals surface area contributed by atoms with Crippen LogP contribution in [0.5, 0.6) is 0 Å². The molecule has 0 radical (unpaired) electrons. The van der Waals surface area contributed by atoms with Gasteiger partial charge >= 0.3 is 6.09 Å². The molecule has 6 heteroatoms. The standard InChI is InChI=1S/C19H31N3O3/c1-19(2,3)25-18(24)21-13-11-17(23)20-12-8-14-22(4)15-16-9-6-5-7-10-16/h5-7,9-10H,8,11-15H2,1-4H3,(H,20,23)(H,21,24). The van der Waals surface area contributed by atoms with Gasteiger partial charge < -0.3 is 20.3 Å². The van der Waals surface area contributed by atoms with E-state index in [2.05, 4.69) is 34.7 Å². The van der Waals surface area contributed by atoms with Gasteiger partial charge in [0.25, 0.3) is 0 Å². The highest BCUT2D eigenvalue weighted by molar-refractivity contribution is 5.76. The first kappa shape index (κ1) is 21.0. The molecule has 0 spiro atoms. The largest absolute Gasteiger partial charge is 0.444 e. The molecule has 1 rings (SSSR count). The van der Waals surface area contributed by atoms with Gasteiger partial charge in [0.2, 0.25) is 5.91 Å². The fourth-order valence-corrected chi connectivity index (χ4v) is 2.23. The molecule has 0 saturated heterocycles. The van der Waals surface area contributed by atoms with E-state index in [0.717, 1.165) is 19.5 Å². The van der Waals surface area contributed by atoms with E-state index in [1.54, 1.807) is 20.8 Å². The Kier molecular flexibility index (Phi) is 8.99. The molecule has 0 bridgehead atoms. The third-order valence-electron chi connectivity index (χ3n) is 3.35. The highest BCUT2D eigenvalue weighted by Crippen LogP contribution is 2.06. The van der Waals surface area contributed by atoms with Crippen LogP contribution in [0.15, 0.2) is 30.3 Å². The average molecular weight is 349 g/mol. The molecule has 0 aliphatic carbocycles. The molecule has 1 aromatic carbocycles. The van der Waals surface area contributed by atoms with Gasteiger partial charge in [-0.05, 0) is 46.3 Å². The van der Waals surface area contributed by atoms with Crippen LogP contribution in [-0.4, -0.2) is 49.2 Å². The molecule has 6 nitrogen and oxygen atoms in total. The first-order chi connectivity index (χ1) is 11.8. The third kappa shape index (κ3) is 11.2. The van der Waals surface area contributed by atoms with Crippen LogP contribution in [0.25, 0.3) is 0 Å². The number of alkyl carbamates (subject to hydrolysis) is 1. The maximum Gasteiger partial charge on any atom is 0.407 e. The van der Waals surface area contributed by atoms with E-state index >= 15 is 0 Å². The van der Waals surface area contributed by atoms with Crippen molar-refractivity contribution in [3.63, 3.8) is 0 Å².